The van der Waals surface area contributed by atoms with Crippen LogP contribution in [0.1, 0.15) is 93.7 Å². The van der Waals surface area contributed by atoms with Gasteiger partial charge in [0.25, 0.3) is 0 Å². The zero-order valence-electron chi connectivity index (χ0n) is 28.7. The van der Waals surface area contributed by atoms with E-state index in [2.05, 4.69) is 65.2 Å². The first-order chi connectivity index (χ1) is 23.9. The van der Waals surface area contributed by atoms with Crippen LogP contribution in [0.15, 0.2) is 96.6 Å². The number of hydrogen-bond acceptors (Lipinski definition) is 4. The Hall–Kier alpha value is -4.49. The molecule has 0 aliphatic heterocycles. The molecule has 3 amide bonds. The van der Waals surface area contributed by atoms with E-state index >= 15 is 0 Å². The Morgan fingerprint density at radius 2 is 1.53 bits per heavy atom. The molecule has 0 aromatic heterocycles. The topological polar surface area (TPSA) is 105 Å². The fourth-order valence-corrected chi connectivity index (χ4v) is 7.26. The van der Waals surface area contributed by atoms with Gasteiger partial charge < -0.3 is 21.3 Å². The van der Waals surface area contributed by atoms with E-state index in [4.69, 9.17) is 5.73 Å². The van der Waals surface area contributed by atoms with Crippen LogP contribution in [-0.4, -0.2) is 41.2 Å². The number of carbonyl (C=O) groups is 3. The number of fused-ring (bicyclic) bond motifs is 3. The SMILES string of the molecule is C/C(=C\C=C/C1CC1)C(=O)N(Cc1ccc(NC(=O)C(N)CCNC(=O)CCC2c3ccccc3-c3ccccc32)cc1)C1CCCCC1. The Morgan fingerprint density at radius 3 is 2.18 bits per heavy atom. The maximum Gasteiger partial charge on any atom is 0.250 e. The summed E-state index contributed by atoms with van der Waals surface area (Å²) in [4.78, 5) is 41.2. The number of anilines is 1. The summed E-state index contributed by atoms with van der Waals surface area (Å²) in [5, 5.41) is 5.86. The normalized spacial score (nSPS) is 17.0. The van der Waals surface area contributed by atoms with Crippen LogP contribution < -0.4 is 16.4 Å². The smallest absolute Gasteiger partial charge is 0.250 e. The Balaban J connectivity index is 0.958. The van der Waals surface area contributed by atoms with Crippen LogP contribution in [-0.2, 0) is 20.9 Å². The van der Waals surface area contributed by atoms with Gasteiger partial charge in [0.2, 0.25) is 17.7 Å². The van der Waals surface area contributed by atoms with Gasteiger partial charge in [0.1, 0.15) is 0 Å². The molecule has 1 unspecified atom stereocenters. The second-order valence-corrected chi connectivity index (χ2v) is 14.0. The molecule has 1 atom stereocenters. The van der Waals surface area contributed by atoms with Gasteiger partial charge in [-0.15, -0.1) is 0 Å². The summed E-state index contributed by atoms with van der Waals surface area (Å²) in [5.41, 5.74) is 13.7. The number of nitrogens with two attached hydrogens (primary N) is 1. The van der Waals surface area contributed by atoms with Gasteiger partial charge in [0, 0.05) is 42.7 Å². The van der Waals surface area contributed by atoms with Gasteiger partial charge in [-0.2, -0.15) is 0 Å². The second-order valence-electron chi connectivity index (χ2n) is 14.0. The van der Waals surface area contributed by atoms with E-state index in [-0.39, 0.29) is 29.7 Å². The van der Waals surface area contributed by atoms with Crippen molar-refractivity contribution in [3.05, 3.63) is 113 Å². The molecule has 0 spiro atoms. The lowest BCUT2D eigenvalue weighted by Gasteiger charge is -2.35. The molecular weight excluding hydrogens is 608 g/mol. The highest BCUT2D eigenvalue weighted by Gasteiger charge is 2.29. The molecule has 49 heavy (non-hydrogen) atoms. The molecular formula is C42H50N4O3. The van der Waals surface area contributed by atoms with Crippen LogP contribution in [0.5, 0.6) is 0 Å². The van der Waals surface area contributed by atoms with Crippen molar-refractivity contribution < 1.29 is 14.4 Å². The maximum absolute atomic E-state index is 13.6. The first-order valence-corrected chi connectivity index (χ1v) is 18.1. The molecule has 0 bridgehead atoms. The first kappa shape index (κ1) is 34.4. The lowest BCUT2D eigenvalue weighted by molar-refractivity contribution is -0.130. The number of benzene rings is 3. The van der Waals surface area contributed by atoms with Crippen molar-refractivity contribution in [2.24, 2.45) is 11.7 Å². The number of rotatable bonds is 14. The third-order valence-corrected chi connectivity index (χ3v) is 10.3. The standard InChI is InChI=1S/C42H50N4O3/c1-29(10-9-11-30-18-19-30)42(49)46(33-12-3-2-4-13-33)28-31-20-22-32(23-21-31)45-41(48)39(43)26-27-44-40(47)25-24-38-36-16-7-5-14-34(36)35-15-6-8-17-37(35)38/h5-11,14-17,20-23,30,33,38-39H,2-4,12-13,18-19,24-28,43H2,1H3,(H,44,47)(H,45,48)/b11-9-,29-10+. The lowest BCUT2D eigenvalue weighted by Crippen LogP contribution is -2.41. The van der Waals surface area contributed by atoms with E-state index in [9.17, 15) is 14.4 Å². The Morgan fingerprint density at radius 1 is 0.878 bits per heavy atom. The van der Waals surface area contributed by atoms with Crippen molar-refractivity contribution in [1.29, 1.82) is 0 Å². The van der Waals surface area contributed by atoms with E-state index in [1.54, 1.807) is 0 Å². The zero-order chi connectivity index (χ0) is 34.2. The van der Waals surface area contributed by atoms with Gasteiger partial charge in [-0.25, -0.2) is 0 Å². The highest BCUT2D eigenvalue weighted by molar-refractivity contribution is 5.95. The number of nitrogens with zero attached hydrogens (tertiary/aromatic N) is 1. The van der Waals surface area contributed by atoms with E-state index in [1.807, 2.05) is 48.2 Å². The van der Waals surface area contributed by atoms with E-state index in [1.165, 1.54) is 41.5 Å². The Bertz CT molecular complexity index is 1640. The molecule has 256 valence electrons. The summed E-state index contributed by atoms with van der Waals surface area (Å²) in [6.07, 6.45) is 15.8. The molecule has 0 radical (unpaired) electrons. The highest BCUT2D eigenvalue weighted by atomic mass is 16.2. The predicted molar refractivity (Wildman–Crippen MR) is 197 cm³/mol. The molecule has 0 saturated heterocycles. The minimum atomic E-state index is -0.753. The summed E-state index contributed by atoms with van der Waals surface area (Å²) in [7, 11) is 0. The third kappa shape index (κ3) is 8.95. The van der Waals surface area contributed by atoms with E-state index < -0.39 is 6.04 Å². The van der Waals surface area contributed by atoms with Crippen molar-refractivity contribution in [2.45, 2.75) is 95.7 Å². The molecule has 2 saturated carbocycles. The summed E-state index contributed by atoms with van der Waals surface area (Å²) in [5.74, 6) is 0.648. The molecule has 3 aromatic rings. The summed E-state index contributed by atoms with van der Waals surface area (Å²) >= 11 is 0. The monoisotopic (exact) mass is 658 g/mol. The van der Waals surface area contributed by atoms with Gasteiger partial charge >= 0.3 is 0 Å². The zero-order valence-corrected chi connectivity index (χ0v) is 28.7. The molecule has 4 N–H and O–H groups in total. The number of nitrogens with one attached hydrogen (secondary N) is 2. The molecule has 0 heterocycles. The molecule has 3 aliphatic rings. The molecule has 2 fully saturated rings. The average Bonchev–Trinajstić information content (AvgIpc) is 3.90. The summed E-state index contributed by atoms with van der Waals surface area (Å²) in [6.45, 7) is 2.78. The Labute approximate surface area is 291 Å². The van der Waals surface area contributed by atoms with Gasteiger partial charge in [-0.3, -0.25) is 14.4 Å². The number of carbonyl (C=O) groups excluding carboxylic acids is 3. The highest BCUT2D eigenvalue weighted by Crippen LogP contribution is 2.46. The van der Waals surface area contributed by atoms with Gasteiger partial charge in [0.15, 0.2) is 0 Å². The quantitative estimate of drug-likeness (QED) is 0.122. The number of amides is 3. The van der Waals surface area contributed by atoms with E-state index in [0.717, 1.165) is 43.2 Å². The number of hydrogen-bond donors (Lipinski definition) is 3. The van der Waals surface area contributed by atoms with Gasteiger partial charge in [-0.1, -0.05) is 98.2 Å². The second kappa shape index (κ2) is 16.3. The van der Waals surface area contributed by atoms with Crippen LogP contribution in [0.3, 0.4) is 0 Å². The fraction of sp³-hybridized carbons (Fsp3) is 0.405. The summed E-state index contributed by atoms with van der Waals surface area (Å²) < 4.78 is 0. The minimum absolute atomic E-state index is 0.0359. The first-order valence-electron chi connectivity index (χ1n) is 18.1. The van der Waals surface area contributed by atoms with Gasteiger partial charge in [-0.05, 0) is 91.3 Å². The van der Waals surface area contributed by atoms with Crippen molar-refractivity contribution in [1.82, 2.24) is 10.2 Å². The molecule has 7 nitrogen and oxygen atoms in total. The van der Waals surface area contributed by atoms with Crippen LogP contribution in [0.4, 0.5) is 5.69 Å². The third-order valence-electron chi connectivity index (χ3n) is 10.3. The van der Waals surface area contributed by atoms with Gasteiger partial charge in [0.05, 0.1) is 6.04 Å². The average molecular weight is 659 g/mol. The van der Waals surface area contributed by atoms with Crippen LogP contribution in [0.25, 0.3) is 11.1 Å². The Kier molecular flexibility index (Phi) is 11.4. The van der Waals surface area contributed by atoms with E-state index in [0.29, 0.717) is 37.5 Å². The summed E-state index contributed by atoms with van der Waals surface area (Å²) in [6, 6.07) is 24.0. The van der Waals surface area contributed by atoms with Crippen LogP contribution >= 0.6 is 0 Å². The lowest BCUT2D eigenvalue weighted by atomic mass is 9.92. The molecule has 3 aromatic carbocycles. The number of allylic oxidation sites excluding steroid dienone is 3. The largest absolute Gasteiger partial charge is 0.356 e. The van der Waals surface area contributed by atoms with Crippen molar-refractivity contribution in [2.75, 3.05) is 11.9 Å². The van der Waals surface area contributed by atoms with Crippen molar-refractivity contribution >= 4 is 23.4 Å². The maximum atomic E-state index is 13.6. The van der Waals surface area contributed by atoms with Crippen molar-refractivity contribution in [3.63, 3.8) is 0 Å². The molecule has 7 heteroatoms. The predicted octanol–water partition coefficient (Wildman–Crippen LogP) is 7.63. The molecule has 3 aliphatic carbocycles. The van der Waals surface area contributed by atoms with Crippen LogP contribution in [0.2, 0.25) is 0 Å². The fourth-order valence-electron chi connectivity index (χ4n) is 7.26. The molecule has 6 rings (SSSR count). The minimum Gasteiger partial charge on any atom is -0.356 e. The van der Waals surface area contributed by atoms with Crippen molar-refractivity contribution in [3.8, 4) is 11.1 Å². The van der Waals surface area contributed by atoms with Crippen LogP contribution in [0, 0.1) is 5.92 Å².